The summed E-state index contributed by atoms with van der Waals surface area (Å²) in [5, 5.41) is 0. The minimum absolute atomic E-state index is 0.152. The molecule has 2 saturated heterocycles. The van der Waals surface area contributed by atoms with Crippen LogP contribution in [0.3, 0.4) is 0 Å². The molecule has 2 aliphatic heterocycles. The van der Waals surface area contributed by atoms with Gasteiger partial charge in [-0.2, -0.15) is 4.31 Å². The van der Waals surface area contributed by atoms with Crippen molar-refractivity contribution in [1.29, 1.82) is 0 Å². The number of hydrogen-bond acceptors (Lipinski definition) is 5. The number of benzene rings is 2. The molecule has 0 unspecified atom stereocenters. The number of sulfonamides is 1. The van der Waals surface area contributed by atoms with E-state index in [1.807, 2.05) is 55.1 Å². The molecule has 32 heavy (non-hydrogen) atoms. The summed E-state index contributed by atoms with van der Waals surface area (Å²) in [6.45, 7) is 5.69. The summed E-state index contributed by atoms with van der Waals surface area (Å²) in [6, 6.07) is 14.5. The number of amides is 2. The van der Waals surface area contributed by atoms with Gasteiger partial charge >= 0.3 is 0 Å². The molecule has 1 atom stereocenters. The van der Waals surface area contributed by atoms with Crippen molar-refractivity contribution in [3.05, 3.63) is 65.2 Å². The lowest BCUT2D eigenvalue weighted by atomic mass is 10.1. The first-order valence-electron chi connectivity index (χ1n) is 11.0. The molecule has 0 aliphatic carbocycles. The number of imide groups is 1. The average molecular weight is 456 g/mol. The van der Waals surface area contributed by atoms with Crippen LogP contribution < -0.4 is 0 Å². The van der Waals surface area contributed by atoms with Crippen molar-refractivity contribution in [1.82, 2.24) is 14.1 Å². The van der Waals surface area contributed by atoms with Gasteiger partial charge in [-0.05, 0) is 49.1 Å². The van der Waals surface area contributed by atoms with Crippen LogP contribution in [0, 0.1) is 13.8 Å². The Balaban J connectivity index is 1.37. The van der Waals surface area contributed by atoms with Gasteiger partial charge in [-0.3, -0.25) is 19.4 Å². The number of rotatable bonds is 6. The Hall–Kier alpha value is -2.55. The number of aryl methyl sites for hydroxylation is 2. The molecule has 170 valence electrons. The fourth-order valence-electron chi connectivity index (χ4n) is 4.35. The molecule has 2 amide bonds. The lowest BCUT2D eigenvalue weighted by molar-refractivity contribution is -0.139. The van der Waals surface area contributed by atoms with Crippen LogP contribution in [-0.2, 0) is 26.0 Å². The number of carbonyl (C=O) groups is 2. The predicted octanol–water partition coefficient (Wildman–Crippen LogP) is 1.98. The average Bonchev–Trinajstić information content (AvgIpc) is 3.08. The van der Waals surface area contributed by atoms with Gasteiger partial charge in [0.1, 0.15) is 0 Å². The van der Waals surface area contributed by atoms with E-state index in [1.165, 1.54) is 9.21 Å². The van der Waals surface area contributed by atoms with Crippen molar-refractivity contribution in [3.63, 3.8) is 0 Å². The molecule has 2 aromatic carbocycles. The monoisotopic (exact) mass is 455 g/mol. The van der Waals surface area contributed by atoms with Gasteiger partial charge in [0.25, 0.3) is 0 Å². The summed E-state index contributed by atoms with van der Waals surface area (Å²) >= 11 is 0. The fourth-order valence-corrected chi connectivity index (χ4v) is 5.86. The SMILES string of the molecule is Cc1ccc(S(=O)(=O)N2CCN([C@@H]3CC(=O)N(CCc4ccccc4)C3=O)CC2)cc1C. The topological polar surface area (TPSA) is 78.0 Å². The number of hydrogen-bond donors (Lipinski definition) is 0. The minimum Gasteiger partial charge on any atom is -0.289 e. The van der Waals surface area contributed by atoms with Gasteiger partial charge in [0.05, 0.1) is 17.4 Å². The number of nitrogens with zero attached hydrogens (tertiary/aromatic N) is 3. The number of piperazine rings is 1. The molecular formula is C24H29N3O4S. The smallest absolute Gasteiger partial charge is 0.247 e. The predicted molar refractivity (Wildman–Crippen MR) is 122 cm³/mol. The molecule has 2 fully saturated rings. The lowest BCUT2D eigenvalue weighted by Crippen LogP contribution is -2.53. The highest BCUT2D eigenvalue weighted by atomic mass is 32.2. The zero-order chi connectivity index (χ0) is 22.9. The standard InChI is InChI=1S/C24H29N3O4S/c1-18-8-9-21(16-19(18)2)32(30,31)26-14-12-25(13-15-26)22-17-23(28)27(24(22)29)11-10-20-6-4-3-5-7-20/h3-9,16,22H,10-15,17H2,1-2H3/t22-/m1/s1. The zero-order valence-electron chi connectivity index (χ0n) is 18.5. The van der Waals surface area contributed by atoms with E-state index >= 15 is 0 Å². The highest BCUT2D eigenvalue weighted by Crippen LogP contribution is 2.24. The molecule has 0 aromatic heterocycles. The third-order valence-corrected chi connectivity index (χ3v) is 8.41. The van der Waals surface area contributed by atoms with Gasteiger partial charge < -0.3 is 0 Å². The van der Waals surface area contributed by atoms with Crippen LogP contribution in [0.5, 0.6) is 0 Å². The van der Waals surface area contributed by atoms with Crippen molar-refractivity contribution in [2.45, 2.75) is 37.6 Å². The largest absolute Gasteiger partial charge is 0.289 e. The van der Waals surface area contributed by atoms with Crippen LogP contribution in [0.4, 0.5) is 0 Å². The summed E-state index contributed by atoms with van der Waals surface area (Å²) in [6.07, 6.45) is 0.796. The van der Waals surface area contributed by atoms with Crippen molar-refractivity contribution >= 4 is 21.8 Å². The highest BCUT2D eigenvalue weighted by Gasteiger charge is 2.43. The van der Waals surface area contributed by atoms with Crippen molar-refractivity contribution < 1.29 is 18.0 Å². The maximum absolute atomic E-state index is 13.0. The molecule has 0 bridgehead atoms. The molecule has 0 saturated carbocycles. The molecule has 8 heteroatoms. The van der Waals surface area contributed by atoms with E-state index in [4.69, 9.17) is 0 Å². The van der Waals surface area contributed by atoms with Gasteiger partial charge in [-0.25, -0.2) is 8.42 Å². The van der Waals surface area contributed by atoms with Gasteiger partial charge in [0, 0.05) is 32.7 Å². The first-order chi connectivity index (χ1) is 15.3. The molecule has 0 N–H and O–H groups in total. The van der Waals surface area contributed by atoms with E-state index in [1.54, 1.807) is 12.1 Å². The second-order valence-corrected chi connectivity index (χ2v) is 10.5. The first kappa shape index (κ1) is 22.6. The van der Waals surface area contributed by atoms with E-state index < -0.39 is 16.1 Å². The van der Waals surface area contributed by atoms with Crippen molar-refractivity contribution in [2.24, 2.45) is 0 Å². The summed E-state index contributed by atoms with van der Waals surface area (Å²) in [4.78, 5) is 29.0. The molecule has 2 heterocycles. The third kappa shape index (κ3) is 4.48. The first-order valence-corrected chi connectivity index (χ1v) is 12.4. The zero-order valence-corrected chi connectivity index (χ0v) is 19.3. The van der Waals surface area contributed by atoms with E-state index in [2.05, 4.69) is 0 Å². The molecule has 7 nitrogen and oxygen atoms in total. The molecule has 0 spiro atoms. The maximum atomic E-state index is 13.0. The summed E-state index contributed by atoms with van der Waals surface area (Å²) in [5.41, 5.74) is 3.08. The van der Waals surface area contributed by atoms with Crippen LogP contribution in [0.25, 0.3) is 0 Å². The second-order valence-electron chi connectivity index (χ2n) is 8.53. The third-order valence-electron chi connectivity index (χ3n) is 6.52. The Labute approximate surface area is 189 Å². The van der Waals surface area contributed by atoms with Crippen LogP contribution in [-0.4, -0.2) is 73.1 Å². The van der Waals surface area contributed by atoms with Gasteiger partial charge in [0.15, 0.2) is 0 Å². The van der Waals surface area contributed by atoms with Gasteiger partial charge in [-0.1, -0.05) is 36.4 Å². The van der Waals surface area contributed by atoms with Crippen LogP contribution in [0.1, 0.15) is 23.1 Å². The Morgan fingerprint density at radius 1 is 0.906 bits per heavy atom. The van der Waals surface area contributed by atoms with E-state index in [0.29, 0.717) is 44.0 Å². The van der Waals surface area contributed by atoms with Crippen LogP contribution in [0.15, 0.2) is 53.4 Å². The number of likely N-dealkylation sites (tertiary alicyclic amines) is 1. The van der Waals surface area contributed by atoms with Crippen molar-refractivity contribution in [2.75, 3.05) is 32.7 Å². The van der Waals surface area contributed by atoms with Gasteiger partial charge in [0.2, 0.25) is 21.8 Å². The Bertz CT molecular complexity index is 1110. The quantitative estimate of drug-likeness (QED) is 0.623. The van der Waals surface area contributed by atoms with E-state index in [9.17, 15) is 18.0 Å². The molecule has 2 aliphatic rings. The summed E-state index contributed by atoms with van der Waals surface area (Å²) in [5.74, 6) is -0.322. The summed E-state index contributed by atoms with van der Waals surface area (Å²) < 4.78 is 27.6. The Morgan fingerprint density at radius 3 is 2.25 bits per heavy atom. The van der Waals surface area contributed by atoms with Crippen LogP contribution in [0.2, 0.25) is 0 Å². The lowest BCUT2D eigenvalue weighted by Gasteiger charge is -2.36. The number of carbonyl (C=O) groups excluding carboxylic acids is 2. The molecular weight excluding hydrogens is 426 g/mol. The molecule has 4 rings (SSSR count). The van der Waals surface area contributed by atoms with Crippen molar-refractivity contribution in [3.8, 4) is 0 Å². The fraction of sp³-hybridized carbons (Fsp3) is 0.417. The highest BCUT2D eigenvalue weighted by molar-refractivity contribution is 7.89. The summed E-state index contributed by atoms with van der Waals surface area (Å²) in [7, 11) is -3.58. The van der Waals surface area contributed by atoms with Crippen LogP contribution >= 0.6 is 0 Å². The van der Waals surface area contributed by atoms with E-state index in [-0.39, 0.29) is 18.2 Å². The minimum atomic E-state index is -3.58. The Kier molecular flexibility index (Phi) is 6.46. The maximum Gasteiger partial charge on any atom is 0.247 e. The normalized spacial score (nSPS) is 20.8. The molecule has 0 radical (unpaired) electrons. The molecule has 2 aromatic rings. The van der Waals surface area contributed by atoms with Gasteiger partial charge in [-0.15, -0.1) is 0 Å². The second kappa shape index (κ2) is 9.13. The Morgan fingerprint density at radius 2 is 1.59 bits per heavy atom. The van der Waals surface area contributed by atoms with E-state index in [0.717, 1.165) is 16.7 Å².